The average molecular weight is 379 g/mol. The number of methoxy groups -OCH3 is 1. The number of carbonyl (C=O) groups excluding carboxylic acids is 1. The largest absolute Gasteiger partial charge is 0.493 e. The Morgan fingerprint density at radius 3 is 2.79 bits per heavy atom. The molecule has 0 saturated carbocycles. The van der Waals surface area contributed by atoms with Crippen LogP contribution in [0.3, 0.4) is 0 Å². The van der Waals surface area contributed by atoms with Crippen molar-refractivity contribution < 1.29 is 19.0 Å². The SMILES string of the molecule is CCOc1cc(/C=N\NC(=O)COc2cccc3cccnc23)ccc1OC. The van der Waals surface area contributed by atoms with Gasteiger partial charge >= 0.3 is 0 Å². The highest BCUT2D eigenvalue weighted by Gasteiger charge is 2.07. The molecule has 0 unspecified atom stereocenters. The Labute approximate surface area is 162 Å². The minimum atomic E-state index is -0.372. The fourth-order valence-electron chi connectivity index (χ4n) is 2.59. The fraction of sp³-hybridized carbons (Fsp3) is 0.190. The second-order valence-electron chi connectivity index (χ2n) is 5.76. The third-order valence-corrected chi connectivity index (χ3v) is 3.84. The third kappa shape index (κ3) is 4.76. The maximum atomic E-state index is 12.0. The monoisotopic (exact) mass is 379 g/mol. The molecule has 7 nitrogen and oxygen atoms in total. The number of rotatable bonds is 8. The van der Waals surface area contributed by atoms with Crippen LogP contribution in [0.5, 0.6) is 17.2 Å². The fourth-order valence-corrected chi connectivity index (χ4v) is 2.59. The van der Waals surface area contributed by atoms with Crippen LogP contribution in [-0.2, 0) is 4.79 Å². The highest BCUT2D eigenvalue weighted by atomic mass is 16.5. The van der Waals surface area contributed by atoms with E-state index in [1.54, 1.807) is 31.5 Å². The molecule has 3 aromatic rings. The molecule has 0 spiro atoms. The van der Waals surface area contributed by atoms with Gasteiger partial charge in [0.2, 0.25) is 0 Å². The van der Waals surface area contributed by atoms with Crippen molar-refractivity contribution in [3.63, 3.8) is 0 Å². The van der Waals surface area contributed by atoms with Gasteiger partial charge in [0, 0.05) is 11.6 Å². The molecule has 2 aromatic carbocycles. The van der Waals surface area contributed by atoms with Gasteiger partial charge in [0.1, 0.15) is 11.3 Å². The Kier molecular flexibility index (Phi) is 6.41. The van der Waals surface area contributed by atoms with Crippen LogP contribution in [0.2, 0.25) is 0 Å². The van der Waals surface area contributed by atoms with E-state index in [-0.39, 0.29) is 12.5 Å². The van der Waals surface area contributed by atoms with Crippen molar-refractivity contribution in [3.05, 3.63) is 60.3 Å². The molecule has 1 aromatic heterocycles. The second kappa shape index (κ2) is 9.36. The average Bonchev–Trinajstić information content (AvgIpc) is 2.72. The van der Waals surface area contributed by atoms with Crippen molar-refractivity contribution in [3.8, 4) is 17.2 Å². The first-order valence-electron chi connectivity index (χ1n) is 8.80. The van der Waals surface area contributed by atoms with Crippen LogP contribution in [0.25, 0.3) is 10.9 Å². The minimum Gasteiger partial charge on any atom is -0.493 e. The summed E-state index contributed by atoms with van der Waals surface area (Å²) in [6.07, 6.45) is 3.21. The second-order valence-corrected chi connectivity index (χ2v) is 5.76. The molecule has 1 heterocycles. The van der Waals surface area contributed by atoms with Crippen LogP contribution >= 0.6 is 0 Å². The lowest BCUT2D eigenvalue weighted by atomic mass is 10.2. The molecule has 1 amide bonds. The molecular weight excluding hydrogens is 358 g/mol. The van der Waals surface area contributed by atoms with Crippen LogP contribution in [0.4, 0.5) is 0 Å². The Hall–Kier alpha value is -3.61. The van der Waals surface area contributed by atoms with Crippen LogP contribution in [0.15, 0.2) is 59.8 Å². The van der Waals surface area contributed by atoms with Crippen molar-refractivity contribution >= 4 is 23.0 Å². The molecule has 144 valence electrons. The number of ether oxygens (including phenoxy) is 3. The van der Waals surface area contributed by atoms with E-state index in [0.717, 1.165) is 10.9 Å². The summed E-state index contributed by atoms with van der Waals surface area (Å²) in [6, 6.07) is 14.7. The van der Waals surface area contributed by atoms with Gasteiger partial charge in [-0.25, -0.2) is 5.43 Å². The van der Waals surface area contributed by atoms with Crippen LogP contribution in [-0.4, -0.2) is 37.4 Å². The Balaban J connectivity index is 1.57. The van der Waals surface area contributed by atoms with Gasteiger partial charge in [-0.15, -0.1) is 0 Å². The normalized spacial score (nSPS) is 10.8. The summed E-state index contributed by atoms with van der Waals surface area (Å²) in [4.78, 5) is 16.3. The van der Waals surface area contributed by atoms with E-state index in [0.29, 0.717) is 29.4 Å². The summed E-state index contributed by atoms with van der Waals surface area (Å²) in [6.45, 7) is 2.25. The molecule has 0 atom stereocenters. The summed E-state index contributed by atoms with van der Waals surface area (Å²) < 4.78 is 16.3. The minimum absolute atomic E-state index is 0.167. The zero-order valence-corrected chi connectivity index (χ0v) is 15.7. The third-order valence-electron chi connectivity index (χ3n) is 3.84. The first-order chi connectivity index (χ1) is 13.7. The smallest absolute Gasteiger partial charge is 0.277 e. The van der Waals surface area contributed by atoms with Gasteiger partial charge in [-0.1, -0.05) is 18.2 Å². The summed E-state index contributed by atoms with van der Waals surface area (Å²) in [7, 11) is 1.58. The molecule has 0 aliphatic rings. The van der Waals surface area contributed by atoms with Crippen LogP contribution < -0.4 is 19.6 Å². The summed E-state index contributed by atoms with van der Waals surface area (Å²) >= 11 is 0. The number of hydrazone groups is 1. The van der Waals surface area contributed by atoms with Gasteiger partial charge in [-0.2, -0.15) is 5.10 Å². The molecule has 0 aliphatic heterocycles. The molecule has 0 bridgehead atoms. The van der Waals surface area contributed by atoms with Gasteiger partial charge in [0.25, 0.3) is 5.91 Å². The van der Waals surface area contributed by atoms with Crippen molar-refractivity contribution in [1.29, 1.82) is 0 Å². The molecule has 0 saturated heterocycles. The predicted molar refractivity (Wildman–Crippen MR) is 107 cm³/mol. The Morgan fingerprint density at radius 1 is 1.11 bits per heavy atom. The number of fused-ring (bicyclic) bond motifs is 1. The van der Waals surface area contributed by atoms with E-state index >= 15 is 0 Å². The van der Waals surface area contributed by atoms with Gasteiger partial charge in [-0.3, -0.25) is 9.78 Å². The molecule has 0 aliphatic carbocycles. The Morgan fingerprint density at radius 2 is 1.96 bits per heavy atom. The molecular formula is C21H21N3O4. The number of aromatic nitrogens is 1. The number of hydrogen-bond acceptors (Lipinski definition) is 6. The van der Waals surface area contributed by atoms with E-state index in [1.165, 1.54) is 6.21 Å². The van der Waals surface area contributed by atoms with Crippen LogP contribution in [0.1, 0.15) is 12.5 Å². The molecule has 0 radical (unpaired) electrons. The maximum absolute atomic E-state index is 12.0. The van der Waals surface area contributed by atoms with Gasteiger partial charge < -0.3 is 14.2 Å². The molecule has 28 heavy (non-hydrogen) atoms. The first kappa shape index (κ1) is 19.2. The van der Waals surface area contributed by atoms with E-state index in [1.807, 2.05) is 37.3 Å². The zero-order valence-electron chi connectivity index (χ0n) is 15.7. The number of hydrogen-bond donors (Lipinski definition) is 1. The number of nitrogens with one attached hydrogen (secondary N) is 1. The van der Waals surface area contributed by atoms with Gasteiger partial charge in [-0.05, 0) is 42.8 Å². The van der Waals surface area contributed by atoms with Crippen molar-refractivity contribution in [2.45, 2.75) is 6.92 Å². The van der Waals surface area contributed by atoms with Crippen molar-refractivity contribution in [1.82, 2.24) is 10.4 Å². The summed E-state index contributed by atoms with van der Waals surface area (Å²) in [5, 5.41) is 4.90. The lowest BCUT2D eigenvalue weighted by Crippen LogP contribution is -2.24. The van der Waals surface area contributed by atoms with Gasteiger partial charge in [0.15, 0.2) is 18.1 Å². The molecule has 7 heteroatoms. The summed E-state index contributed by atoms with van der Waals surface area (Å²) in [5.41, 5.74) is 3.92. The Bertz CT molecular complexity index is 983. The number of nitrogens with zero attached hydrogens (tertiary/aromatic N) is 2. The number of carbonyl (C=O) groups is 1. The number of para-hydroxylation sites is 1. The van der Waals surface area contributed by atoms with Crippen LogP contribution in [0, 0.1) is 0 Å². The predicted octanol–water partition coefficient (Wildman–Crippen LogP) is 3.17. The standard InChI is InChI=1S/C21H21N3O4/c1-3-27-19-12-15(9-10-17(19)26-2)13-23-24-20(25)14-28-18-8-4-6-16-7-5-11-22-21(16)18/h4-13H,3,14H2,1-2H3,(H,24,25)/b23-13-. The molecule has 0 fully saturated rings. The lowest BCUT2D eigenvalue weighted by molar-refractivity contribution is -0.123. The molecule has 3 rings (SSSR count). The van der Waals surface area contributed by atoms with Crippen molar-refractivity contribution in [2.24, 2.45) is 5.10 Å². The maximum Gasteiger partial charge on any atom is 0.277 e. The topological polar surface area (TPSA) is 82.0 Å². The van der Waals surface area contributed by atoms with E-state index in [4.69, 9.17) is 14.2 Å². The number of pyridine rings is 1. The number of amides is 1. The highest BCUT2D eigenvalue weighted by molar-refractivity contribution is 5.86. The zero-order chi connectivity index (χ0) is 19.8. The molecule has 1 N–H and O–H groups in total. The lowest BCUT2D eigenvalue weighted by Gasteiger charge is -2.09. The highest BCUT2D eigenvalue weighted by Crippen LogP contribution is 2.27. The van der Waals surface area contributed by atoms with Crippen molar-refractivity contribution in [2.75, 3.05) is 20.3 Å². The van der Waals surface area contributed by atoms with E-state index in [9.17, 15) is 4.79 Å². The number of benzene rings is 2. The van der Waals surface area contributed by atoms with E-state index in [2.05, 4.69) is 15.5 Å². The summed E-state index contributed by atoms with van der Waals surface area (Å²) in [5.74, 6) is 1.43. The first-order valence-corrected chi connectivity index (χ1v) is 8.80. The quantitative estimate of drug-likeness (QED) is 0.480. The van der Waals surface area contributed by atoms with Gasteiger partial charge in [0.05, 0.1) is 19.9 Å². The van der Waals surface area contributed by atoms with E-state index < -0.39 is 0 Å².